The Morgan fingerprint density at radius 3 is 1.76 bits per heavy atom. The van der Waals surface area contributed by atoms with Gasteiger partial charge in [-0.1, -0.05) is 35.9 Å². The third kappa shape index (κ3) is 20.3. The maximum Gasteiger partial charge on any atom is 0.134 e. The summed E-state index contributed by atoms with van der Waals surface area (Å²) in [6.45, 7) is 5.04. The number of nitrogens with zero attached hydrogens (tertiary/aromatic N) is 4. The van der Waals surface area contributed by atoms with Crippen molar-refractivity contribution in [2.24, 2.45) is 0 Å². The second kappa shape index (κ2) is 30.0. The summed E-state index contributed by atoms with van der Waals surface area (Å²) >= 11 is 15.0. The Morgan fingerprint density at radius 1 is 0.810 bits per heavy atom. The second-order valence-electron chi connectivity index (χ2n) is 6.68. The molecule has 0 fully saturated rings. The van der Waals surface area contributed by atoms with Crippen LogP contribution >= 0.6 is 110 Å². The van der Waals surface area contributed by atoms with Gasteiger partial charge in [0, 0.05) is 54.9 Å². The first-order chi connectivity index (χ1) is 19.9. The van der Waals surface area contributed by atoms with Crippen molar-refractivity contribution in [2.75, 3.05) is 24.7 Å². The van der Waals surface area contributed by atoms with Crippen LogP contribution in [0.2, 0.25) is 5.15 Å². The molecule has 10 nitrogen and oxygen atoms in total. The zero-order chi connectivity index (χ0) is 30.9. The number of halogens is 7. The third-order valence-corrected chi connectivity index (χ3v) is 4.34. The quantitative estimate of drug-likeness (QED) is 0.131. The monoisotopic (exact) mass is 1270 g/mol. The van der Waals surface area contributed by atoms with Gasteiger partial charge in [-0.15, -0.1) is 24.0 Å². The minimum Gasteiger partial charge on any atom is -0.384 e. The van der Waals surface area contributed by atoms with Crippen molar-refractivity contribution in [3.05, 3.63) is 78.5 Å². The molecule has 2 aromatic carbocycles. The summed E-state index contributed by atoms with van der Waals surface area (Å²) in [5.41, 5.74) is 12.6. The Morgan fingerprint density at radius 2 is 1.29 bits per heavy atom. The van der Waals surface area contributed by atoms with Gasteiger partial charge in [0.05, 0.1) is 18.9 Å². The summed E-state index contributed by atoms with van der Waals surface area (Å²) in [4.78, 5) is 15.3. The van der Waals surface area contributed by atoms with Crippen molar-refractivity contribution in [3.63, 3.8) is 0 Å². The van der Waals surface area contributed by atoms with Crippen LogP contribution in [-0.2, 0) is 0 Å². The van der Waals surface area contributed by atoms with E-state index in [2.05, 4.69) is 94.4 Å². The fraction of sp³-hybridized carbons (Fsp3) is 0.167. The molecule has 5 N–H and O–H groups in total. The Bertz CT molecular complexity index is 1200. The number of para-hydroxylation sites is 3. The molecule has 0 aliphatic rings. The van der Waals surface area contributed by atoms with Gasteiger partial charge in [0.2, 0.25) is 0 Å². The van der Waals surface area contributed by atoms with Crippen LogP contribution in [0.1, 0.15) is 13.8 Å². The molecule has 0 saturated heterocycles. The van der Waals surface area contributed by atoms with E-state index in [9.17, 15) is 0 Å². The number of nitrogens with two attached hydrogens (primary N) is 2. The minimum absolute atomic E-state index is 0. The van der Waals surface area contributed by atoms with Crippen molar-refractivity contribution in [1.29, 1.82) is 0 Å². The molecule has 18 heteroatoms. The molecular formula is C24H28BClI6N6O4-. The first-order valence-corrected chi connectivity index (χ1v) is 30.5. The molecular weight excluding hydrogens is 1240 g/mol. The molecule has 0 saturated carbocycles. The van der Waals surface area contributed by atoms with Gasteiger partial charge in [0.1, 0.15) is 40.9 Å². The summed E-state index contributed by atoms with van der Waals surface area (Å²) < 4.78 is 15.6. The first-order valence-electron chi connectivity index (χ1n) is 11.3. The molecule has 2 heterocycles. The number of nitrogen functional groups attached to an aromatic ring is 2. The van der Waals surface area contributed by atoms with Crippen LogP contribution in [0.15, 0.2) is 73.3 Å². The van der Waals surface area contributed by atoms with E-state index < -0.39 is 0 Å². The second-order valence-corrected chi connectivity index (χ2v) is 23.3. The number of hydrogen-bond acceptors (Lipinski definition) is 10. The van der Waals surface area contributed by atoms with Crippen LogP contribution in [0.4, 0.5) is 11.6 Å². The molecule has 2 aromatic heterocycles. The van der Waals surface area contributed by atoms with Crippen molar-refractivity contribution in [3.8, 4) is 28.5 Å². The molecule has 4 aromatic rings. The number of rotatable bonds is 7. The summed E-state index contributed by atoms with van der Waals surface area (Å²) in [7, 11) is 0.637. The molecule has 1 radical (unpaired) electrons. The predicted molar refractivity (Wildman–Crippen MR) is 212 cm³/mol. The molecule has 4 rings (SSSR count). The van der Waals surface area contributed by atoms with Gasteiger partial charge in [0.25, 0.3) is 0 Å². The van der Waals surface area contributed by atoms with Crippen LogP contribution in [0, 0.1) is 0 Å². The molecule has 0 amide bonds. The predicted octanol–water partition coefficient (Wildman–Crippen LogP) is 4.99. The molecule has 0 atom stereocenters. The smallest absolute Gasteiger partial charge is 0.134 e. The average Bonchev–Trinajstić information content (AvgIpc) is 2.97. The normalized spacial score (nSPS) is 8.86. The topological polar surface area (TPSA) is 152 Å². The zero-order valence-corrected chi connectivity index (χ0v) is 36.1. The van der Waals surface area contributed by atoms with Gasteiger partial charge in [0.15, 0.2) is 5.75 Å². The van der Waals surface area contributed by atoms with Gasteiger partial charge in [-0.2, -0.15) is 0 Å². The molecule has 0 bridgehead atoms. The molecule has 0 aliphatic heterocycles. The van der Waals surface area contributed by atoms with Gasteiger partial charge in [-0.05, 0) is 38.1 Å². The van der Waals surface area contributed by atoms with Gasteiger partial charge >= 0.3 is 58.2 Å². The Balaban J connectivity index is 0. The van der Waals surface area contributed by atoms with E-state index in [-0.39, 0.29) is 24.0 Å². The van der Waals surface area contributed by atoms with Crippen LogP contribution in [0.3, 0.4) is 0 Å². The van der Waals surface area contributed by atoms with Crippen molar-refractivity contribution in [1.82, 2.24) is 19.9 Å². The van der Waals surface area contributed by atoms with E-state index in [1.54, 1.807) is 24.3 Å². The van der Waals surface area contributed by atoms with Crippen molar-refractivity contribution in [2.45, 2.75) is 13.8 Å². The zero-order valence-electron chi connectivity index (χ0n) is 22.2. The van der Waals surface area contributed by atoms with E-state index in [0.29, 0.717) is 62.4 Å². The molecule has 231 valence electrons. The standard InChI is InChI=1S/C12H13N3O.C8H10BO3.C4H4ClN3.I3.I2.HI/c1-2-16-11-6-4-3-5-9(11)10-7-12(13)15-8-14-10;1-2-11-7-5-3-4-6-8(7)12-9-10;5-3-1-4(6)8-2-7-3;1-3-2;1-2;/h3-8H,2H2,1H3,(H2,13,14,15);3-6,10H,2H2,1H3;1-2H,(H2,6,7,8);;;1H/q;;;-1;;. The van der Waals surface area contributed by atoms with Crippen molar-refractivity contribution >= 4 is 129 Å². The number of aromatic nitrogens is 4. The minimum atomic E-state index is 0. The van der Waals surface area contributed by atoms with Crippen LogP contribution in [-0.4, -0.2) is 45.9 Å². The van der Waals surface area contributed by atoms with E-state index >= 15 is 0 Å². The number of hydrogen-bond donors (Lipinski definition) is 3. The first kappa shape index (κ1) is 44.4. The van der Waals surface area contributed by atoms with Crippen LogP contribution in [0.25, 0.3) is 11.3 Å². The Labute approximate surface area is 322 Å². The number of anilines is 2. The number of ether oxygens (including phenoxy) is 2. The average molecular weight is 1270 g/mol. The van der Waals surface area contributed by atoms with E-state index in [4.69, 9.17) is 42.2 Å². The van der Waals surface area contributed by atoms with E-state index in [0.717, 1.165) is 17.0 Å². The van der Waals surface area contributed by atoms with Crippen LogP contribution < -0.4 is 38.9 Å². The van der Waals surface area contributed by atoms with Crippen LogP contribution in [0.5, 0.6) is 17.2 Å². The summed E-state index contributed by atoms with van der Waals surface area (Å²) in [5, 5.41) is 8.78. The Kier molecular flexibility index (Phi) is 31.7. The maximum absolute atomic E-state index is 8.41. The van der Waals surface area contributed by atoms with E-state index in [1.807, 2.05) is 44.2 Å². The summed E-state index contributed by atoms with van der Waals surface area (Å²) in [6.07, 6.45) is 2.77. The fourth-order valence-electron chi connectivity index (χ4n) is 2.71. The van der Waals surface area contributed by atoms with Crippen molar-refractivity contribution < 1.29 is 32.4 Å². The largest absolute Gasteiger partial charge is 0.384 e. The molecule has 42 heavy (non-hydrogen) atoms. The molecule has 0 spiro atoms. The SMILES string of the molecule is CCOc1ccccc1-c1cc(N)ncn1.CCOc1ccccc1O[B]O.I.II.I[I-]I.Nc1cc(Cl)ncn1. The summed E-state index contributed by atoms with van der Waals surface area (Å²) in [6, 6.07) is 18.1. The summed E-state index contributed by atoms with van der Waals surface area (Å²) in [5.74, 6) is 2.80. The Hall–Kier alpha value is 0.295. The van der Waals surface area contributed by atoms with Gasteiger partial charge in [-0.25, -0.2) is 19.9 Å². The fourth-order valence-corrected chi connectivity index (χ4v) is 2.86. The number of benzene rings is 2. The van der Waals surface area contributed by atoms with Gasteiger partial charge in [-0.3, -0.25) is 0 Å². The molecule has 0 aliphatic carbocycles. The maximum atomic E-state index is 8.41. The van der Waals surface area contributed by atoms with Gasteiger partial charge < -0.3 is 30.6 Å². The molecule has 0 unspecified atom stereocenters. The third-order valence-electron chi connectivity index (χ3n) is 4.13. The van der Waals surface area contributed by atoms with E-state index in [1.165, 1.54) is 18.7 Å².